The number of aryl methyl sites for hydroxylation is 2. The van der Waals surface area contributed by atoms with Crippen LogP contribution in [0.15, 0.2) is 27.6 Å². The van der Waals surface area contributed by atoms with E-state index < -0.39 is 10.0 Å². The quantitative estimate of drug-likeness (QED) is 0.847. The lowest BCUT2D eigenvalue weighted by Gasteiger charge is -2.20. The summed E-state index contributed by atoms with van der Waals surface area (Å²) in [7, 11) is -3.51. The summed E-state index contributed by atoms with van der Waals surface area (Å²) in [5.74, 6) is 0.835. The largest absolute Gasteiger partial charge is 0.339 e. The molecule has 21 heavy (non-hydrogen) atoms. The van der Waals surface area contributed by atoms with Gasteiger partial charge in [0.25, 0.3) is 0 Å². The molecule has 0 aliphatic carbocycles. The van der Waals surface area contributed by atoms with Crippen LogP contribution in [0, 0.1) is 13.8 Å². The maximum atomic E-state index is 12.7. The van der Waals surface area contributed by atoms with E-state index in [4.69, 9.17) is 4.52 Å². The Labute approximate surface area is 124 Å². The molecule has 0 aliphatic heterocycles. The molecule has 7 heteroatoms. The number of aromatic nitrogens is 2. The van der Waals surface area contributed by atoms with Gasteiger partial charge >= 0.3 is 0 Å². The lowest BCUT2D eigenvalue weighted by Crippen LogP contribution is -2.31. The molecule has 0 radical (unpaired) electrons. The summed E-state index contributed by atoms with van der Waals surface area (Å²) < 4.78 is 31.7. The van der Waals surface area contributed by atoms with Gasteiger partial charge in [0, 0.05) is 25.6 Å². The maximum absolute atomic E-state index is 12.7. The van der Waals surface area contributed by atoms with Crippen LogP contribution in [0.3, 0.4) is 0 Å². The molecule has 0 bridgehead atoms. The number of benzene rings is 1. The second-order valence-corrected chi connectivity index (χ2v) is 6.61. The molecule has 6 nitrogen and oxygen atoms in total. The van der Waals surface area contributed by atoms with Crippen molar-refractivity contribution in [2.45, 2.75) is 32.6 Å². The van der Waals surface area contributed by atoms with E-state index >= 15 is 0 Å². The highest BCUT2D eigenvalue weighted by molar-refractivity contribution is 7.89. The lowest BCUT2D eigenvalue weighted by molar-refractivity contribution is 0.394. The molecular weight excluding hydrogens is 290 g/mol. The third-order valence-corrected chi connectivity index (χ3v) is 5.49. The molecule has 0 spiro atoms. The van der Waals surface area contributed by atoms with Crippen LogP contribution in [0.4, 0.5) is 0 Å². The van der Waals surface area contributed by atoms with Crippen LogP contribution < -0.4 is 0 Å². The molecule has 2 rings (SSSR count). The minimum atomic E-state index is -3.51. The van der Waals surface area contributed by atoms with Crippen molar-refractivity contribution in [3.8, 4) is 11.4 Å². The Hall–Kier alpha value is -1.73. The van der Waals surface area contributed by atoms with Gasteiger partial charge in [0.15, 0.2) is 0 Å². The smallest absolute Gasteiger partial charge is 0.243 e. The fourth-order valence-electron chi connectivity index (χ4n) is 2.14. The highest BCUT2D eigenvalue weighted by Gasteiger charge is 2.24. The zero-order chi connectivity index (χ0) is 15.6. The van der Waals surface area contributed by atoms with Crippen molar-refractivity contribution >= 4 is 10.0 Å². The molecule has 0 N–H and O–H groups in total. The summed E-state index contributed by atoms with van der Waals surface area (Å²) in [5.41, 5.74) is 1.33. The van der Waals surface area contributed by atoms with Crippen molar-refractivity contribution in [3.05, 3.63) is 29.7 Å². The standard InChI is InChI=1S/C14H19N3O3S/c1-5-17(6-2)21(18,19)13-9-12(8-7-10(13)3)14-15-11(4)20-16-14/h7-9H,5-6H2,1-4H3. The molecular formula is C14H19N3O3S. The summed E-state index contributed by atoms with van der Waals surface area (Å²) in [6.07, 6.45) is 0. The summed E-state index contributed by atoms with van der Waals surface area (Å²) in [6, 6.07) is 5.16. The monoisotopic (exact) mass is 309 g/mol. The van der Waals surface area contributed by atoms with E-state index in [0.717, 1.165) is 0 Å². The van der Waals surface area contributed by atoms with Gasteiger partial charge in [-0.15, -0.1) is 0 Å². The first-order valence-corrected chi connectivity index (χ1v) is 8.25. The van der Waals surface area contributed by atoms with Gasteiger partial charge in [-0.2, -0.15) is 9.29 Å². The van der Waals surface area contributed by atoms with Crippen LogP contribution >= 0.6 is 0 Å². The first kappa shape index (κ1) is 15.7. The van der Waals surface area contributed by atoms with Crippen LogP contribution in [-0.2, 0) is 10.0 Å². The van der Waals surface area contributed by atoms with Crippen LogP contribution in [0.5, 0.6) is 0 Å². The maximum Gasteiger partial charge on any atom is 0.243 e. The van der Waals surface area contributed by atoms with Gasteiger partial charge in [0.2, 0.25) is 21.7 Å². The van der Waals surface area contributed by atoms with Crippen LogP contribution in [0.25, 0.3) is 11.4 Å². The Morgan fingerprint density at radius 3 is 2.38 bits per heavy atom. The molecule has 1 aromatic carbocycles. The predicted octanol–water partition coefficient (Wildman–Crippen LogP) is 2.38. The van der Waals surface area contributed by atoms with Gasteiger partial charge in [-0.25, -0.2) is 8.42 Å². The SMILES string of the molecule is CCN(CC)S(=O)(=O)c1cc(-c2noc(C)n2)ccc1C. The van der Waals surface area contributed by atoms with E-state index in [1.165, 1.54) is 4.31 Å². The Morgan fingerprint density at radius 2 is 1.86 bits per heavy atom. The van der Waals surface area contributed by atoms with Crippen molar-refractivity contribution in [2.75, 3.05) is 13.1 Å². The first-order chi connectivity index (χ1) is 9.90. The van der Waals surface area contributed by atoms with Gasteiger partial charge < -0.3 is 4.52 Å². The fourth-order valence-corrected chi connectivity index (χ4v) is 3.85. The Kier molecular flexibility index (Phi) is 4.43. The third kappa shape index (κ3) is 2.98. The molecule has 0 saturated heterocycles. The van der Waals surface area contributed by atoms with E-state index in [2.05, 4.69) is 10.1 Å². The Bertz CT molecular complexity index is 734. The summed E-state index contributed by atoms with van der Waals surface area (Å²) in [6.45, 7) is 7.99. The molecule has 2 aromatic rings. The second-order valence-electron chi connectivity index (χ2n) is 4.71. The van der Waals surface area contributed by atoms with Gasteiger partial charge in [-0.05, 0) is 18.6 Å². The molecule has 1 heterocycles. The van der Waals surface area contributed by atoms with Gasteiger partial charge in [-0.1, -0.05) is 31.1 Å². The zero-order valence-corrected chi connectivity index (χ0v) is 13.4. The third-order valence-electron chi connectivity index (χ3n) is 3.30. The van der Waals surface area contributed by atoms with Crippen molar-refractivity contribution in [2.24, 2.45) is 0 Å². The molecule has 0 saturated carbocycles. The first-order valence-electron chi connectivity index (χ1n) is 6.81. The van der Waals surface area contributed by atoms with Crippen LogP contribution in [0.1, 0.15) is 25.3 Å². The van der Waals surface area contributed by atoms with Crippen molar-refractivity contribution < 1.29 is 12.9 Å². The number of hydrogen-bond acceptors (Lipinski definition) is 5. The van der Waals surface area contributed by atoms with E-state index in [9.17, 15) is 8.42 Å². The van der Waals surface area contributed by atoms with Crippen LogP contribution in [0.2, 0.25) is 0 Å². The minimum Gasteiger partial charge on any atom is -0.339 e. The fraction of sp³-hybridized carbons (Fsp3) is 0.429. The number of rotatable bonds is 5. The predicted molar refractivity (Wildman–Crippen MR) is 79.3 cm³/mol. The number of nitrogens with zero attached hydrogens (tertiary/aromatic N) is 3. The summed E-state index contributed by atoms with van der Waals surface area (Å²) in [5, 5.41) is 3.83. The molecule has 1 aromatic heterocycles. The topological polar surface area (TPSA) is 76.3 Å². The molecule has 0 aliphatic rings. The Morgan fingerprint density at radius 1 is 1.19 bits per heavy atom. The lowest BCUT2D eigenvalue weighted by atomic mass is 10.1. The minimum absolute atomic E-state index is 0.283. The van der Waals surface area contributed by atoms with Crippen molar-refractivity contribution in [3.63, 3.8) is 0 Å². The molecule has 0 unspecified atom stereocenters. The average molecular weight is 309 g/mol. The molecule has 0 amide bonds. The normalized spacial score (nSPS) is 12.0. The summed E-state index contributed by atoms with van der Waals surface area (Å²) >= 11 is 0. The molecule has 114 valence electrons. The van der Waals surface area contributed by atoms with E-state index in [-0.39, 0.29) is 4.90 Å². The number of hydrogen-bond donors (Lipinski definition) is 0. The number of sulfonamides is 1. The average Bonchev–Trinajstić information content (AvgIpc) is 2.86. The van der Waals surface area contributed by atoms with E-state index in [0.29, 0.717) is 35.9 Å². The van der Waals surface area contributed by atoms with E-state index in [1.807, 2.05) is 13.8 Å². The van der Waals surface area contributed by atoms with Gasteiger partial charge in [0.1, 0.15) is 0 Å². The van der Waals surface area contributed by atoms with Crippen molar-refractivity contribution in [1.29, 1.82) is 0 Å². The molecule has 0 fully saturated rings. The Balaban J connectivity index is 2.54. The van der Waals surface area contributed by atoms with Gasteiger partial charge in [0.05, 0.1) is 4.90 Å². The van der Waals surface area contributed by atoms with E-state index in [1.54, 1.807) is 32.0 Å². The summed E-state index contributed by atoms with van der Waals surface area (Å²) in [4.78, 5) is 4.42. The van der Waals surface area contributed by atoms with Gasteiger partial charge in [-0.3, -0.25) is 0 Å². The van der Waals surface area contributed by atoms with Crippen molar-refractivity contribution in [1.82, 2.24) is 14.4 Å². The van der Waals surface area contributed by atoms with Crippen LogP contribution in [-0.4, -0.2) is 36.0 Å². The highest BCUT2D eigenvalue weighted by atomic mass is 32.2. The highest BCUT2D eigenvalue weighted by Crippen LogP contribution is 2.25. The molecule has 0 atom stereocenters. The zero-order valence-electron chi connectivity index (χ0n) is 12.6. The second kappa shape index (κ2) is 5.95.